The predicted octanol–water partition coefficient (Wildman–Crippen LogP) is 5.57. The first-order chi connectivity index (χ1) is 13.3. The summed E-state index contributed by atoms with van der Waals surface area (Å²) < 4.78 is 0. The Bertz CT molecular complexity index is 1080. The number of aromatic amines is 1. The van der Waals surface area contributed by atoms with Gasteiger partial charge in [-0.2, -0.15) is 0 Å². The molecule has 134 valence electrons. The highest BCUT2D eigenvalue weighted by Crippen LogP contribution is 2.30. The predicted molar refractivity (Wildman–Crippen MR) is 111 cm³/mol. The van der Waals surface area contributed by atoms with Crippen LogP contribution in [0.4, 0.5) is 0 Å². The molecule has 2 heterocycles. The van der Waals surface area contributed by atoms with Crippen molar-refractivity contribution >= 4 is 10.8 Å². The molecule has 0 unspecified atom stereocenters. The van der Waals surface area contributed by atoms with Gasteiger partial charge in [-0.15, -0.1) is 0 Å². The summed E-state index contributed by atoms with van der Waals surface area (Å²) in [6.07, 6.45) is 3.10. The minimum Gasteiger partial charge on any atom is -0.341 e. The first-order valence-corrected chi connectivity index (χ1v) is 9.64. The van der Waals surface area contributed by atoms with Crippen molar-refractivity contribution in [2.24, 2.45) is 5.92 Å². The highest BCUT2D eigenvalue weighted by molar-refractivity contribution is 5.90. The number of benzene rings is 3. The van der Waals surface area contributed by atoms with E-state index in [9.17, 15) is 0 Å². The Hall–Kier alpha value is -2.91. The van der Waals surface area contributed by atoms with Gasteiger partial charge in [0.2, 0.25) is 0 Å². The lowest BCUT2D eigenvalue weighted by atomic mass is 9.99. The van der Waals surface area contributed by atoms with Crippen molar-refractivity contribution in [1.82, 2.24) is 15.3 Å². The Morgan fingerprint density at radius 2 is 1.59 bits per heavy atom. The van der Waals surface area contributed by atoms with E-state index in [-0.39, 0.29) is 0 Å². The molecule has 1 aromatic heterocycles. The monoisotopic (exact) mass is 353 g/mol. The van der Waals surface area contributed by atoms with Gasteiger partial charge in [-0.05, 0) is 52.9 Å². The number of hydrogen-bond donors (Lipinski definition) is 2. The van der Waals surface area contributed by atoms with E-state index >= 15 is 0 Å². The molecule has 0 amide bonds. The molecule has 0 saturated carbocycles. The number of aromatic nitrogens is 2. The van der Waals surface area contributed by atoms with Crippen LogP contribution in [0.1, 0.15) is 25.2 Å². The summed E-state index contributed by atoms with van der Waals surface area (Å²) in [6.45, 7) is 3.35. The van der Waals surface area contributed by atoms with Gasteiger partial charge in [0, 0.05) is 5.56 Å². The maximum atomic E-state index is 4.62. The minimum absolute atomic E-state index is 0.350. The van der Waals surface area contributed by atoms with E-state index in [0.717, 1.165) is 24.5 Å². The molecule has 3 nitrogen and oxygen atoms in total. The van der Waals surface area contributed by atoms with Crippen LogP contribution in [0.2, 0.25) is 0 Å². The minimum atomic E-state index is 0.350. The van der Waals surface area contributed by atoms with Gasteiger partial charge in [0.25, 0.3) is 0 Å². The normalized spacial score (nSPS) is 19.6. The van der Waals surface area contributed by atoms with Gasteiger partial charge in [-0.25, -0.2) is 4.98 Å². The van der Waals surface area contributed by atoms with Crippen LogP contribution >= 0.6 is 0 Å². The maximum Gasteiger partial charge on any atom is 0.123 e. The molecule has 1 aliphatic heterocycles. The molecule has 0 radical (unpaired) electrons. The van der Waals surface area contributed by atoms with Crippen LogP contribution in [-0.4, -0.2) is 16.5 Å². The van der Waals surface area contributed by atoms with Crippen molar-refractivity contribution in [1.29, 1.82) is 0 Å². The van der Waals surface area contributed by atoms with Crippen molar-refractivity contribution in [3.63, 3.8) is 0 Å². The average molecular weight is 353 g/mol. The van der Waals surface area contributed by atoms with Gasteiger partial charge in [0.1, 0.15) is 5.82 Å². The standard InChI is InChI=1S/C24H23N3/c1-16-11-22(25-14-16)24-26-15-23(27-24)21-10-9-19-12-18(7-8-20(19)13-21)17-5-3-2-4-6-17/h2-10,12-13,15-16,22,25H,11,14H2,1H3,(H,26,27)/t16-,22+/m1/s1. The summed E-state index contributed by atoms with van der Waals surface area (Å²) >= 11 is 0. The second-order valence-electron chi connectivity index (χ2n) is 7.63. The van der Waals surface area contributed by atoms with Gasteiger partial charge < -0.3 is 10.3 Å². The Balaban J connectivity index is 1.46. The zero-order valence-electron chi connectivity index (χ0n) is 15.4. The Morgan fingerprint density at radius 3 is 2.33 bits per heavy atom. The third-order valence-corrected chi connectivity index (χ3v) is 5.53. The van der Waals surface area contributed by atoms with Crippen LogP contribution < -0.4 is 5.32 Å². The number of H-pyrrole nitrogens is 1. The summed E-state index contributed by atoms with van der Waals surface area (Å²) in [6, 6.07) is 24.2. The smallest absolute Gasteiger partial charge is 0.123 e. The van der Waals surface area contributed by atoms with Crippen molar-refractivity contribution in [3.8, 4) is 22.4 Å². The third kappa shape index (κ3) is 3.15. The van der Waals surface area contributed by atoms with Crippen molar-refractivity contribution in [2.75, 3.05) is 6.54 Å². The molecule has 0 spiro atoms. The highest BCUT2D eigenvalue weighted by atomic mass is 15.0. The molecule has 2 N–H and O–H groups in total. The summed E-state index contributed by atoms with van der Waals surface area (Å²) in [5.74, 6) is 1.76. The van der Waals surface area contributed by atoms with Gasteiger partial charge >= 0.3 is 0 Å². The average Bonchev–Trinajstić information content (AvgIpc) is 3.37. The number of imidazole rings is 1. The van der Waals surface area contributed by atoms with E-state index in [1.165, 1.54) is 27.5 Å². The lowest BCUT2D eigenvalue weighted by molar-refractivity contribution is 0.588. The van der Waals surface area contributed by atoms with Crippen LogP contribution in [0.3, 0.4) is 0 Å². The summed E-state index contributed by atoms with van der Waals surface area (Å²) in [5.41, 5.74) is 4.77. The topological polar surface area (TPSA) is 40.7 Å². The number of fused-ring (bicyclic) bond motifs is 1. The van der Waals surface area contributed by atoms with E-state index in [0.29, 0.717) is 12.0 Å². The molecular formula is C24H23N3. The molecule has 2 atom stereocenters. The Morgan fingerprint density at radius 1 is 0.852 bits per heavy atom. The lowest BCUT2D eigenvalue weighted by Gasteiger charge is -2.07. The van der Waals surface area contributed by atoms with Crippen molar-refractivity contribution < 1.29 is 0 Å². The molecule has 1 aliphatic rings. The molecular weight excluding hydrogens is 330 g/mol. The van der Waals surface area contributed by atoms with E-state index in [2.05, 4.69) is 88.9 Å². The highest BCUT2D eigenvalue weighted by Gasteiger charge is 2.24. The second-order valence-corrected chi connectivity index (χ2v) is 7.63. The van der Waals surface area contributed by atoms with Gasteiger partial charge in [0.05, 0.1) is 17.9 Å². The summed E-state index contributed by atoms with van der Waals surface area (Å²) in [7, 11) is 0. The van der Waals surface area contributed by atoms with Crippen LogP contribution in [0.15, 0.2) is 72.9 Å². The first-order valence-electron chi connectivity index (χ1n) is 9.64. The first kappa shape index (κ1) is 16.3. The van der Waals surface area contributed by atoms with Crippen LogP contribution in [-0.2, 0) is 0 Å². The van der Waals surface area contributed by atoms with Crippen molar-refractivity contribution in [3.05, 3.63) is 78.8 Å². The molecule has 3 aromatic carbocycles. The number of nitrogens with one attached hydrogen (secondary N) is 2. The van der Waals surface area contributed by atoms with Gasteiger partial charge in [-0.3, -0.25) is 0 Å². The summed E-state index contributed by atoms with van der Waals surface area (Å²) in [5, 5.41) is 6.05. The fourth-order valence-electron chi connectivity index (χ4n) is 4.00. The van der Waals surface area contributed by atoms with E-state index in [4.69, 9.17) is 0 Å². The Labute approximate surface area is 159 Å². The Kier molecular flexibility index (Phi) is 4.02. The number of hydrogen-bond acceptors (Lipinski definition) is 2. The molecule has 1 saturated heterocycles. The molecule has 3 heteroatoms. The summed E-state index contributed by atoms with van der Waals surface area (Å²) in [4.78, 5) is 8.15. The third-order valence-electron chi connectivity index (χ3n) is 5.53. The van der Waals surface area contributed by atoms with Gasteiger partial charge in [-0.1, -0.05) is 61.5 Å². The molecule has 1 fully saturated rings. The fraction of sp³-hybridized carbons (Fsp3) is 0.208. The van der Waals surface area contributed by atoms with E-state index < -0.39 is 0 Å². The van der Waals surface area contributed by atoms with Crippen LogP contribution in [0.5, 0.6) is 0 Å². The number of nitrogens with zero attached hydrogens (tertiary/aromatic N) is 1. The van der Waals surface area contributed by atoms with Gasteiger partial charge in [0.15, 0.2) is 0 Å². The molecule has 4 aromatic rings. The molecule has 5 rings (SSSR count). The molecule has 27 heavy (non-hydrogen) atoms. The quantitative estimate of drug-likeness (QED) is 0.506. The van der Waals surface area contributed by atoms with Crippen molar-refractivity contribution in [2.45, 2.75) is 19.4 Å². The zero-order valence-corrected chi connectivity index (χ0v) is 15.4. The van der Waals surface area contributed by atoms with Crippen LogP contribution in [0, 0.1) is 5.92 Å². The largest absolute Gasteiger partial charge is 0.341 e. The second kappa shape index (κ2) is 6.67. The number of rotatable bonds is 3. The molecule has 0 aliphatic carbocycles. The zero-order chi connectivity index (χ0) is 18.2. The lowest BCUT2D eigenvalue weighted by Crippen LogP contribution is -2.14. The van der Waals surface area contributed by atoms with E-state index in [1.807, 2.05) is 6.20 Å². The molecule has 0 bridgehead atoms. The SMILES string of the molecule is C[C@H]1CN[C@H](c2ncc(-c3ccc4cc(-c5ccccc5)ccc4c3)[nH]2)C1. The van der Waals surface area contributed by atoms with Crippen LogP contribution in [0.25, 0.3) is 33.2 Å². The maximum absolute atomic E-state index is 4.62. The van der Waals surface area contributed by atoms with E-state index in [1.54, 1.807) is 0 Å². The fourth-order valence-corrected chi connectivity index (χ4v) is 4.00.